The van der Waals surface area contributed by atoms with Crippen LogP contribution in [0.15, 0.2) is 88.9 Å². The van der Waals surface area contributed by atoms with Gasteiger partial charge in [0.2, 0.25) is 15.9 Å². The van der Waals surface area contributed by atoms with Crippen LogP contribution in [0.1, 0.15) is 11.3 Å². The fourth-order valence-corrected chi connectivity index (χ4v) is 3.78. The molecule has 0 unspecified atom stereocenters. The second-order valence-corrected chi connectivity index (χ2v) is 8.21. The van der Waals surface area contributed by atoms with E-state index in [4.69, 9.17) is 4.42 Å². The fourth-order valence-electron chi connectivity index (χ4n) is 2.68. The summed E-state index contributed by atoms with van der Waals surface area (Å²) in [7, 11) is -2.24. The molecule has 0 N–H and O–H groups in total. The van der Waals surface area contributed by atoms with Gasteiger partial charge in [-0.1, -0.05) is 48.5 Å². The first-order chi connectivity index (χ1) is 14.0. The van der Waals surface area contributed by atoms with E-state index in [2.05, 4.69) is 0 Å². The van der Waals surface area contributed by atoms with E-state index in [1.807, 2.05) is 36.4 Å². The van der Waals surface area contributed by atoms with Crippen LogP contribution in [0.5, 0.6) is 0 Å². The van der Waals surface area contributed by atoms with Crippen LogP contribution in [0.4, 0.5) is 5.69 Å². The van der Waals surface area contributed by atoms with Crippen molar-refractivity contribution >= 4 is 27.7 Å². The Kier molecular flexibility index (Phi) is 6.64. The lowest BCUT2D eigenvalue weighted by molar-refractivity contribution is -0.118. The van der Waals surface area contributed by atoms with Crippen molar-refractivity contribution in [1.82, 2.24) is 4.31 Å². The average Bonchev–Trinajstić information content (AvgIpc) is 3.26. The number of nitrogens with zero attached hydrogens (tertiary/aromatic N) is 2. The van der Waals surface area contributed by atoms with Crippen LogP contribution in [0.2, 0.25) is 0 Å². The molecule has 0 aliphatic heterocycles. The number of carbonyl (C=O) groups excluding carboxylic acids is 1. The highest BCUT2D eigenvalue weighted by atomic mass is 32.2. The molecule has 0 atom stereocenters. The standard InChI is InChI=1S/C22H22N2O4S/c1-23(20-11-6-3-7-12-20)22(25)18-24(17-21-13-8-15-28-21)29(26,27)16-14-19-9-4-2-5-10-19/h2-16H,17-18H2,1H3/b16-14+. The molecule has 6 nitrogen and oxygen atoms in total. The number of amides is 1. The van der Waals surface area contributed by atoms with Crippen molar-refractivity contribution in [3.05, 3.63) is 95.8 Å². The molecule has 0 spiro atoms. The second kappa shape index (κ2) is 9.36. The van der Waals surface area contributed by atoms with Gasteiger partial charge in [-0.15, -0.1) is 0 Å². The van der Waals surface area contributed by atoms with E-state index < -0.39 is 10.0 Å². The van der Waals surface area contributed by atoms with Gasteiger partial charge in [-0.2, -0.15) is 4.31 Å². The van der Waals surface area contributed by atoms with Gasteiger partial charge in [-0.05, 0) is 35.9 Å². The largest absolute Gasteiger partial charge is 0.468 e. The van der Waals surface area contributed by atoms with Gasteiger partial charge < -0.3 is 9.32 Å². The van der Waals surface area contributed by atoms with E-state index in [9.17, 15) is 13.2 Å². The van der Waals surface area contributed by atoms with Crippen molar-refractivity contribution in [1.29, 1.82) is 0 Å². The molecule has 3 aromatic rings. The topological polar surface area (TPSA) is 70.8 Å². The third kappa shape index (κ3) is 5.66. The summed E-state index contributed by atoms with van der Waals surface area (Å²) in [6.45, 7) is -0.351. The predicted octanol–water partition coefficient (Wildman–Crippen LogP) is 3.75. The molecule has 29 heavy (non-hydrogen) atoms. The zero-order chi connectivity index (χ0) is 20.7. The van der Waals surface area contributed by atoms with E-state index in [0.717, 1.165) is 15.3 Å². The van der Waals surface area contributed by atoms with Crippen molar-refractivity contribution in [3.8, 4) is 0 Å². The predicted molar refractivity (Wildman–Crippen MR) is 113 cm³/mol. The van der Waals surface area contributed by atoms with Crippen molar-refractivity contribution < 1.29 is 17.6 Å². The number of hydrogen-bond donors (Lipinski definition) is 0. The summed E-state index contributed by atoms with van der Waals surface area (Å²) in [6, 6.07) is 21.5. The Morgan fingerprint density at radius 2 is 1.62 bits per heavy atom. The molecule has 0 bridgehead atoms. The molecule has 7 heteroatoms. The van der Waals surface area contributed by atoms with E-state index in [-0.39, 0.29) is 19.0 Å². The van der Waals surface area contributed by atoms with Gasteiger partial charge in [0.05, 0.1) is 19.4 Å². The Labute approximate surface area is 170 Å². The first kappa shape index (κ1) is 20.6. The molecule has 1 heterocycles. The van der Waals surface area contributed by atoms with Crippen molar-refractivity contribution in [2.24, 2.45) is 0 Å². The summed E-state index contributed by atoms with van der Waals surface area (Å²) in [5.74, 6) is 0.108. The molecule has 0 saturated heterocycles. The summed E-state index contributed by atoms with van der Waals surface area (Å²) >= 11 is 0. The van der Waals surface area contributed by atoms with Crippen molar-refractivity contribution in [2.75, 3.05) is 18.5 Å². The summed E-state index contributed by atoms with van der Waals surface area (Å²) in [6.07, 6.45) is 2.98. The Morgan fingerprint density at radius 1 is 0.966 bits per heavy atom. The molecule has 0 aliphatic rings. The number of likely N-dealkylation sites (N-methyl/N-ethyl adjacent to an activating group) is 1. The average molecular weight is 410 g/mol. The summed E-state index contributed by atoms with van der Waals surface area (Å²) < 4.78 is 32.3. The first-order valence-corrected chi connectivity index (χ1v) is 10.5. The molecular formula is C22H22N2O4S. The minimum atomic E-state index is -3.86. The Balaban J connectivity index is 1.82. The third-order valence-electron chi connectivity index (χ3n) is 4.33. The highest BCUT2D eigenvalue weighted by Crippen LogP contribution is 2.16. The molecule has 2 aromatic carbocycles. The first-order valence-electron chi connectivity index (χ1n) is 9.03. The highest BCUT2D eigenvalue weighted by Gasteiger charge is 2.25. The van der Waals surface area contributed by atoms with Gasteiger partial charge in [-0.25, -0.2) is 8.42 Å². The number of hydrogen-bond acceptors (Lipinski definition) is 4. The van der Waals surface area contributed by atoms with Gasteiger partial charge in [0.25, 0.3) is 0 Å². The lowest BCUT2D eigenvalue weighted by atomic mass is 10.2. The number of carbonyl (C=O) groups is 1. The Hall–Kier alpha value is -3.16. The maximum atomic E-state index is 13.0. The molecule has 1 aromatic heterocycles. The van der Waals surface area contributed by atoms with Crippen LogP contribution < -0.4 is 4.90 Å². The molecule has 1 amide bonds. The van der Waals surface area contributed by atoms with Crippen LogP contribution >= 0.6 is 0 Å². The number of para-hydroxylation sites is 1. The van der Waals surface area contributed by atoms with Gasteiger partial charge in [0.15, 0.2) is 0 Å². The van der Waals surface area contributed by atoms with Gasteiger partial charge >= 0.3 is 0 Å². The number of anilines is 1. The third-order valence-corrected chi connectivity index (χ3v) is 5.79. The molecule has 0 aliphatic carbocycles. The minimum absolute atomic E-state index is 0.0389. The normalized spacial score (nSPS) is 11.8. The maximum Gasteiger partial charge on any atom is 0.242 e. The van der Waals surface area contributed by atoms with Crippen LogP contribution in [0.25, 0.3) is 6.08 Å². The van der Waals surface area contributed by atoms with Crippen LogP contribution in [-0.2, 0) is 21.4 Å². The summed E-state index contributed by atoms with van der Waals surface area (Å²) in [4.78, 5) is 14.2. The monoisotopic (exact) mass is 410 g/mol. The van der Waals surface area contributed by atoms with Crippen LogP contribution in [0.3, 0.4) is 0 Å². The van der Waals surface area contributed by atoms with E-state index in [0.29, 0.717) is 11.4 Å². The smallest absolute Gasteiger partial charge is 0.242 e. The molecule has 150 valence electrons. The van der Waals surface area contributed by atoms with Gasteiger partial charge in [-0.3, -0.25) is 4.79 Å². The van der Waals surface area contributed by atoms with Crippen molar-refractivity contribution in [2.45, 2.75) is 6.54 Å². The molecule has 3 rings (SSSR count). The number of sulfonamides is 1. The van der Waals surface area contributed by atoms with E-state index in [1.54, 1.807) is 43.4 Å². The molecule has 0 fully saturated rings. The van der Waals surface area contributed by atoms with Gasteiger partial charge in [0, 0.05) is 18.1 Å². The summed E-state index contributed by atoms with van der Waals surface area (Å²) in [5.41, 5.74) is 1.44. The molecule has 0 saturated carbocycles. The minimum Gasteiger partial charge on any atom is -0.468 e. The zero-order valence-electron chi connectivity index (χ0n) is 16.0. The SMILES string of the molecule is CN(C(=O)CN(Cc1ccco1)S(=O)(=O)/C=C/c1ccccc1)c1ccccc1. The Bertz CT molecular complexity index is 1050. The number of furan rings is 1. The maximum absolute atomic E-state index is 13.0. The molecular weight excluding hydrogens is 388 g/mol. The lowest BCUT2D eigenvalue weighted by Gasteiger charge is -2.23. The van der Waals surface area contributed by atoms with E-state index >= 15 is 0 Å². The zero-order valence-corrected chi connectivity index (χ0v) is 16.8. The lowest BCUT2D eigenvalue weighted by Crippen LogP contribution is -2.40. The number of benzene rings is 2. The second-order valence-electron chi connectivity index (χ2n) is 6.39. The van der Waals surface area contributed by atoms with Gasteiger partial charge in [0.1, 0.15) is 5.76 Å². The van der Waals surface area contributed by atoms with Crippen LogP contribution in [-0.4, -0.2) is 32.2 Å². The molecule has 0 radical (unpaired) electrons. The quantitative estimate of drug-likeness (QED) is 0.567. The van der Waals surface area contributed by atoms with Crippen LogP contribution in [0, 0.1) is 0 Å². The Morgan fingerprint density at radius 3 is 2.24 bits per heavy atom. The highest BCUT2D eigenvalue weighted by molar-refractivity contribution is 7.92. The number of rotatable bonds is 8. The fraction of sp³-hybridized carbons (Fsp3) is 0.136. The van der Waals surface area contributed by atoms with Crippen molar-refractivity contribution in [3.63, 3.8) is 0 Å². The van der Waals surface area contributed by atoms with E-state index in [1.165, 1.54) is 17.2 Å². The summed E-state index contributed by atoms with van der Waals surface area (Å²) in [5, 5.41) is 1.11.